The number of hydrogen-bond donors (Lipinski definition) is 0. The Kier molecular flexibility index (Phi) is 5.64. The number of nitrogens with zero attached hydrogens (tertiary/aromatic N) is 2. The topological polar surface area (TPSA) is 70.8 Å². The van der Waals surface area contributed by atoms with Crippen LogP contribution in [0.25, 0.3) is 11.3 Å². The molecule has 0 atom stereocenters. The lowest BCUT2D eigenvalue weighted by atomic mass is 10.2. The van der Waals surface area contributed by atoms with Gasteiger partial charge in [0.15, 0.2) is 5.76 Å². The highest BCUT2D eigenvalue weighted by atomic mass is 35.5. The highest BCUT2D eigenvalue weighted by Gasteiger charge is 2.32. The Morgan fingerprint density at radius 2 is 1.60 bits per heavy atom. The fourth-order valence-electron chi connectivity index (χ4n) is 3.34. The Labute approximate surface area is 178 Å². The number of carbonyl (C=O) groups is 1. The maximum Gasteiger partial charge on any atom is 0.289 e. The van der Waals surface area contributed by atoms with Crippen molar-refractivity contribution in [3.63, 3.8) is 0 Å². The predicted octanol–water partition coefficient (Wildman–Crippen LogP) is 3.89. The Morgan fingerprint density at radius 3 is 2.30 bits per heavy atom. The van der Waals surface area contributed by atoms with Crippen LogP contribution in [0.1, 0.15) is 10.6 Å². The summed E-state index contributed by atoms with van der Waals surface area (Å²) in [5, 5.41) is 0.512. The van der Waals surface area contributed by atoms with Gasteiger partial charge in [0.05, 0.1) is 5.02 Å². The molecule has 3 aromatic rings. The zero-order valence-corrected chi connectivity index (χ0v) is 17.4. The molecular weight excluding hydrogens is 431 g/mol. The van der Waals surface area contributed by atoms with Crippen LogP contribution in [0.15, 0.2) is 70.0 Å². The summed E-state index contributed by atoms with van der Waals surface area (Å²) in [6, 6.07) is 15.7. The van der Waals surface area contributed by atoms with Crippen LogP contribution in [0.2, 0.25) is 5.02 Å². The summed E-state index contributed by atoms with van der Waals surface area (Å²) in [7, 11) is -3.96. The maximum atomic E-state index is 13.9. The SMILES string of the molecule is O=C(c1ccc(-c2ccccc2Cl)o1)N1CCN(S(=O)(=O)c2ccccc2F)CC1. The summed E-state index contributed by atoms with van der Waals surface area (Å²) in [5.41, 5.74) is 0.680. The fourth-order valence-corrected chi connectivity index (χ4v) is 5.06. The Hall–Kier alpha value is -2.68. The van der Waals surface area contributed by atoms with Gasteiger partial charge in [-0.05, 0) is 36.4 Å². The quantitative estimate of drug-likeness (QED) is 0.607. The van der Waals surface area contributed by atoms with Crippen LogP contribution in [0.3, 0.4) is 0 Å². The Bertz CT molecular complexity index is 1190. The van der Waals surface area contributed by atoms with Gasteiger partial charge >= 0.3 is 0 Å². The highest BCUT2D eigenvalue weighted by Crippen LogP contribution is 2.29. The molecule has 1 fully saturated rings. The highest BCUT2D eigenvalue weighted by molar-refractivity contribution is 7.89. The molecule has 1 aliphatic rings. The Morgan fingerprint density at radius 1 is 0.933 bits per heavy atom. The van der Waals surface area contributed by atoms with Gasteiger partial charge in [-0.2, -0.15) is 4.31 Å². The molecule has 0 saturated carbocycles. The van der Waals surface area contributed by atoms with Crippen molar-refractivity contribution >= 4 is 27.5 Å². The van der Waals surface area contributed by atoms with E-state index >= 15 is 0 Å². The van der Waals surface area contributed by atoms with Crippen molar-refractivity contribution in [2.75, 3.05) is 26.2 Å². The molecule has 0 radical (unpaired) electrons. The third-order valence-electron chi connectivity index (χ3n) is 4.94. The van der Waals surface area contributed by atoms with Gasteiger partial charge in [0.25, 0.3) is 5.91 Å². The monoisotopic (exact) mass is 448 g/mol. The first kappa shape index (κ1) is 20.6. The van der Waals surface area contributed by atoms with E-state index in [1.165, 1.54) is 27.4 Å². The van der Waals surface area contributed by atoms with Gasteiger partial charge in [0, 0.05) is 31.7 Å². The predicted molar refractivity (Wildman–Crippen MR) is 110 cm³/mol. The number of halogens is 2. The lowest BCUT2D eigenvalue weighted by molar-refractivity contribution is 0.0666. The van der Waals surface area contributed by atoms with Gasteiger partial charge < -0.3 is 9.32 Å². The third kappa shape index (κ3) is 3.86. The average Bonchev–Trinajstić information content (AvgIpc) is 3.24. The fraction of sp³-hybridized carbons (Fsp3) is 0.190. The van der Waals surface area contributed by atoms with Crippen molar-refractivity contribution < 1.29 is 22.0 Å². The lowest BCUT2D eigenvalue weighted by Crippen LogP contribution is -2.50. The van der Waals surface area contributed by atoms with E-state index in [4.69, 9.17) is 16.0 Å². The molecule has 156 valence electrons. The standard InChI is InChI=1S/C21H18ClFN2O4S/c22-16-6-2-1-5-15(16)18-9-10-19(29-18)21(26)24-11-13-25(14-12-24)30(27,28)20-8-4-3-7-17(20)23/h1-10H,11-14H2. The van der Waals surface area contributed by atoms with Gasteiger partial charge in [-0.3, -0.25) is 4.79 Å². The normalized spacial score (nSPS) is 15.3. The molecule has 0 aliphatic carbocycles. The number of benzene rings is 2. The van der Waals surface area contributed by atoms with E-state index in [1.54, 1.807) is 30.3 Å². The minimum Gasteiger partial charge on any atom is -0.451 e. The molecule has 30 heavy (non-hydrogen) atoms. The molecule has 0 spiro atoms. The number of rotatable bonds is 4. The first-order chi connectivity index (χ1) is 14.4. The number of furan rings is 1. The molecule has 4 rings (SSSR count). The number of amides is 1. The van der Waals surface area contributed by atoms with Crippen LogP contribution < -0.4 is 0 Å². The van der Waals surface area contributed by atoms with Crippen LogP contribution in [0.5, 0.6) is 0 Å². The van der Waals surface area contributed by atoms with Gasteiger partial charge in [0.1, 0.15) is 16.5 Å². The number of carbonyl (C=O) groups excluding carboxylic acids is 1. The van der Waals surface area contributed by atoms with Crippen molar-refractivity contribution in [2.45, 2.75) is 4.90 Å². The summed E-state index contributed by atoms with van der Waals surface area (Å²) in [5.74, 6) is -0.505. The van der Waals surface area contributed by atoms with Gasteiger partial charge in [0.2, 0.25) is 10.0 Å². The minimum atomic E-state index is -3.96. The number of piperazine rings is 1. The van der Waals surface area contributed by atoms with E-state index in [-0.39, 0.29) is 42.7 Å². The van der Waals surface area contributed by atoms with Crippen LogP contribution >= 0.6 is 11.6 Å². The van der Waals surface area contributed by atoms with Crippen molar-refractivity contribution in [3.8, 4) is 11.3 Å². The maximum absolute atomic E-state index is 13.9. The molecule has 1 saturated heterocycles. The molecule has 9 heteroatoms. The number of hydrogen-bond acceptors (Lipinski definition) is 4. The molecule has 1 aromatic heterocycles. The molecule has 0 bridgehead atoms. The zero-order chi connectivity index (χ0) is 21.3. The van der Waals surface area contributed by atoms with E-state index < -0.39 is 15.8 Å². The van der Waals surface area contributed by atoms with Gasteiger partial charge in [-0.25, -0.2) is 12.8 Å². The Balaban J connectivity index is 1.45. The van der Waals surface area contributed by atoms with Crippen molar-refractivity contribution in [1.82, 2.24) is 9.21 Å². The van der Waals surface area contributed by atoms with Crippen molar-refractivity contribution in [2.24, 2.45) is 0 Å². The van der Waals surface area contributed by atoms with E-state index in [0.29, 0.717) is 16.3 Å². The summed E-state index contributed by atoms with van der Waals surface area (Å²) >= 11 is 6.17. The second-order valence-electron chi connectivity index (χ2n) is 6.77. The van der Waals surface area contributed by atoms with Crippen molar-refractivity contribution in [1.29, 1.82) is 0 Å². The minimum absolute atomic E-state index is 0.0699. The first-order valence-electron chi connectivity index (χ1n) is 9.26. The summed E-state index contributed by atoms with van der Waals surface area (Å²) in [4.78, 5) is 13.9. The lowest BCUT2D eigenvalue weighted by Gasteiger charge is -2.33. The summed E-state index contributed by atoms with van der Waals surface area (Å²) in [6.07, 6.45) is 0. The van der Waals surface area contributed by atoms with Gasteiger partial charge in [-0.1, -0.05) is 35.9 Å². The molecule has 0 N–H and O–H groups in total. The summed E-state index contributed by atoms with van der Waals surface area (Å²) < 4.78 is 46.2. The molecule has 2 heterocycles. The molecule has 2 aromatic carbocycles. The molecule has 0 unspecified atom stereocenters. The largest absolute Gasteiger partial charge is 0.451 e. The molecular formula is C21H18ClFN2O4S. The smallest absolute Gasteiger partial charge is 0.289 e. The van der Waals surface area contributed by atoms with Crippen LogP contribution in [-0.2, 0) is 10.0 Å². The average molecular weight is 449 g/mol. The van der Waals surface area contributed by atoms with Crippen LogP contribution in [-0.4, -0.2) is 49.7 Å². The third-order valence-corrected chi connectivity index (χ3v) is 7.20. The van der Waals surface area contributed by atoms with Crippen LogP contribution in [0.4, 0.5) is 4.39 Å². The van der Waals surface area contributed by atoms with Gasteiger partial charge in [-0.15, -0.1) is 0 Å². The molecule has 1 amide bonds. The second kappa shape index (κ2) is 8.22. The first-order valence-corrected chi connectivity index (χ1v) is 11.1. The van der Waals surface area contributed by atoms with E-state index in [9.17, 15) is 17.6 Å². The van der Waals surface area contributed by atoms with E-state index in [2.05, 4.69) is 0 Å². The second-order valence-corrected chi connectivity index (χ2v) is 9.08. The summed E-state index contributed by atoms with van der Waals surface area (Å²) in [6.45, 7) is 0.490. The van der Waals surface area contributed by atoms with Crippen molar-refractivity contribution in [3.05, 3.63) is 77.3 Å². The number of sulfonamides is 1. The molecule has 1 aliphatic heterocycles. The van der Waals surface area contributed by atoms with Crippen LogP contribution in [0, 0.1) is 5.82 Å². The van der Waals surface area contributed by atoms with E-state index in [1.807, 2.05) is 6.07 Å². The van der Waals surface area contributed by atoms with E-state index in [0.717, 1.165) is 6.07 Å². The zero-order valence-electron chi connectivity index (χ0n) is 15.8. The molecule has 6 nitrogen and oxygen atoms in total.